The van der Waals surface area contributed by atoms with Gasteiger partial charge >= 0.3 is 0 Å². The van der Waals surface area contributed by atoms with Crippen LogP contribution in [0.2, 0.25) is 0 Å². The van der Waals surface area contributed by atoms with Gasteiger partial charge < -0.3 is 5.32 Å². The Balaban J connectivity index is 1.77. The predicted octanol–water partition coefficient (Wildman–Crippen LogP) is 3.10. The van der Waals surface area contributed by atoms with Gasteiger partial charge in [-0.1, -0.05) is 24.3 Å². The summed E-state index contributed by atoms with van der Waals surface area (Å²) in [5.41, 5.74) is 2.33. The second kappa shape index (κ2) is 4.28. The molecule has 1 fully saturated rings. The monoisotopic (exact) mass is 246 g/mol. The van der Waals surface area contributed by atoms with Crippen molar-refractivity contribution in [1.82, 2.24) is 10.3 Å². The van der Waals surface area contributed by atoms with Gasteiger partial charge in [-0.2, -0.15) is 0 Å². The maximum Gasteiger partial charge on any atom is 0.0705 e. The number of hydrogen-bond donors (Lipinski definition) is 1. The Hall–Kier alpha value is -1.12. The number of nitrogens with one attached hydrogen (secondary N) is 1. The van der Waals surface area contributed by atoms with Gasteiger partial charge in [0.05, 0.1) is 11.2 Å². The van der Waals surface area contributed by atoms with E-state index in [0.29, 0.717) is 5.88 Å². The van der Waals surface area contributed by atoms with Crippen LogP contribution in [0, 0.1) is 0 Å². The van der Waals surface area contributed by atoms with Crippen molar-refractivity contribution in [3.63, 3.8) is 0 Å². The summed E-state index contributed by atoms with van der Waals surface area (Å²) in [5, 5.41) is 4.70. The Morgan fingerprint density at radius 1 is 1.18 bits per heavy atom. The van der Waals surface area contributed by atoms with Crippen LogP contribution in [0.1, 0.15) is 18.5 Å². The predicted molar refractivity (Wildman–Crippen MR) is 71.3 cm³/mol. The molecule has 1 aromatic carbocycles. The van der Waals surface area contributed by atoms with Crippen LogP contribution in [-0.2, 0) is 6.54 Å². The van der Waals surface area contributed by atoms with Gasteiger partial charge in [0.25, 0.3) is 0 Å². The van der Waals surface area contributed by atoms with Crippen molar-refractivity contribution in [2.75, 3.05) is 5.88 Å². The van der Waals surface area contributed by atoms with E-state index in [9.17, 15) is 0 Å². The van der Waals surface area contributed by atoms with E-state index in [1.165, 1.54) is 18.2 Å². The molecule has 0 spiro atoms. The third-order valence-corrected chi connectivity index (χ3v) is 3.92. The second-order valence-electron chi connectivity index (χ2n) is 4.76. The van der Waals surface area contributed by atoms with Crippen LogP contribution in [0.3, 0.4) is 0 Å². The summed E-state index contributed by atoms with van der Waals surface area (Å²) >= 11 is 5.93. The van der Waals surface area contributed by atoms with E-state index in [1.807, 2.05) is 18.2 Å². The molecular weight excluding hydrogens is 232 g/mol. The van der Waals surface area contributed by atoms with Crippen LogP contribution in [0.4, 0.5) is 0 Å². The molecule has 1 aromatic heterocycles. The molecule has 0 unspecified atom stereocenters. The van der Waals surface area contributed by atoms with E-state index >= 15 is 0 Å². The van der Waals surface area contributed by atoms with E-state index in [0.717, 1.165) is 17.8 Å². The molecule has 1 heterocycles. The van der Waals surface area contributed by atoms with Crippen LogP contribution in [0.25, 0.3) is 10.9 Å². The van der Waals surface area contributed by atoms with Crippen molar-refractivity contribution < 1.29 is 0 Å². The quantitative estimate of drug-likeness (QED) is 0.839. The summed E-state index contributed by atoms with van der Waals surface area (Å²) in [6.07, 6.45) is 2.37. The maximum absolute atomic E-state index is 5.93. The highest BCUT2D eigenvalue weighted by atomic mass is 35.5. The molecular formula is C14H15ClN2. The van der Waals surface area contributed by atoms with Crippen molar-refractivity contribution in [3.05, 3.63) is 42.1 Å². The van der Waals surface area contributed by atoms with E-state index < -0.39 is 0 Å². The molecule has 0 atom stereocenters. The average Bonchev–Trinajstić information content (AvgIpc) is 3.17. The van der Waals surface area contributed by atoms with Gasteiger partial charge in [0, 0.05) is 23.3 Å². The van der Waals surface area contributed by atoms with Gasteiger partial charge in [0.15, 0.2) is 0 Å². The van der Waals surface area contributed by atoms with Gasteiger partial charge in [0.2, 0.25) is 0 Å². The molecule has 2 nitrogen and oxygen atoms in total. The topological polar surface area (TPSA) is 24.9 Å². The first-order valence-corrected chi connectivity index (χ1v) is 6.50. The van der Waals surface area contributed by atoms with Crippen molar-refractivity contribution in [2.24, 2.45) is 0 Å². The van der Waals surface area contributed by atoms with Crippen LogP contribution < -0.4 is 5.32 Å². The molecule has 3 heteroatoms. The molecule has 0 bridgehead atoms. The number of nitrogens with zero attached hydrogens (tertiary/aromatic N) is 1. The first-order chi connectivity index (χ1) is 8.31. The molecule has 17 heavy (non-hydrogen) atoms. The van der Waals surface area contributed by atoms with Crippen LogP contribution in [0.15, 0.2) is 36.4 Å². The molecule has 1 saturated carbocycles. The number of hydrogen-bond acceptors (Lipinski definition) is 2. The minimum Gasteiger partial charge on any atom is -0.304 e. The minimum absolute atomic E-state index is 0.189. The van der Waals surface area contributed by atoms with Gasteiger partial charge in [-0.05, 0) is 25.0 Å². The van der Waals surface area contributed by atoms with Gasteiger partial charge in [-0.15, -0.1) is 11.6 Å². The zero-order chi connectivity index (χ0) is 11.7. The van der Waals surface area contributed by atoms with E-state index in [4.69, 9.17) is 11.6 Å². The SMILES string of the molecule is ClCC1(NCc2ccc3ccccc3n2)CC1. The van der Waals surface area contributed by atoms with Crippen molar-refractivity contribution >= 4 is 22.5 Å². The zero-order valence-electron chi connectivity index (χ0n) is 9.62. The number of benzene rings is 1. The number of halogens is 1. The molecule has 0 radical (unpaired) electrons. The Morgan fingerprint density at radius 2 is 2.00 bits per heavy atom. The summed E-state index contributed by atoms with van der Waals surface area (Å²) in [6, 6.07) is 12.4. The second-order valence-corrected chi connectivity index (χ2v) is 5.03. The summed E-state index contributed by atoms with van der Waals surface area (Å²) in [4.78, 5) is 4.63. The van der Waals surface area contributed by atoms with Crippen molar-refractivity contribution in [2.45, 2.75) is 24.9 Å². The molecule has 1 aliphatic carbocycles. The normalized spacial score (nSPS) is 17.2. The highest BCUT2D eigenvalue weighted by Crippen LogP contribution is 2.36. The average molecular weight is 247 g/mol. The lowest BCUT2D eigenvalue weighted by molar-refractivity contribution is 0.537. The Morgan fingerprint density at radius 3 is 2.76 bits per heavy atom. The molecule has 1 aliphatic rings. The Labute approximate surface area is 106 Å². The van der Waals surface area contributed by atoms with Gasteiger partial charge in [0.1, 0.15) is 0 Å². The third kappa shape index (κ3) is 2.28. The van der Waals surface area contributed by atoms with E-state index in [-0.39, 0.29) is 5.54 Å². The molecule has 0 saturated heterocycles. The van der Waals surface area contributed by atoms with Gasteiger partial charge in [-0.3, -0.25) is 4.98 Å². The lowest BCUT2D eigenvalue weighted by Crippen LogP contribution is -2.32. The Kier molecular flexibility index (Phi) is 2.77. The van der Waals surface area contributed by atoms with E-state index in [1.54, 1.807) is 0 Å². The summed E-state index contributed by atoms with van der Waals surface area (Å²) in [5.74, 6) is 0.695. The van der Waals surface area contributed by atoms with E-state index in [2.05, 4.69) is 28.5 Å². The molecule has 88 valence electrons. The molecule has 0 aliphatic heterocycles. The van der Waals surface area contributed by atoms with Crippen LogP contribution in [-0.4, -0.2) is 16.4 Å². The lowest BCUT2D eigenvalue weighted by Gasteiger charge is -2.13. The molecule has 0 amide bonds. The number of rotatable bonds is 4. The summed E-state index contributed by atoms with van der Waals surface area (Å²) in [6.45, 7) is 0.803. The summed E-state index contributed by atoms with van der Waals surface area (Å²) < 4.78 is 0. The molecule has 2 aromatic rings. The first kappa shape index (κ1) is 11.0. The zero-order valence-corrected chi connectivity index (χ0v) is 10.4. The van der Waals surface area contributed by atoms with Crippen molar-refractivity contribution in [1.29, 1.82) is 0 Å². The van der Waals surface area contributed by atoms with Gasteiger partial charge in [-0.25, -0.2) is 0 Å². The highest BCUT2D eigenvalue weighted by molar-refractivity contribution is 6.18. The lowest BCUT2D eigenvalue weighted by atomic mass is 10.2. The van der Waals surface area contributed by atoms with Crippen LogP contribution >= 0.6 is 11.6 Å². The fourth-order valence-corrected chi connectivity index (χ4v) is 2.36. The van der Waals surface area contributed by atoms with Crippen molar-refractivity contribution in [3.8, 4) is 0 Å². The smallest absolute Gasteiger partial charge is 0.0705 e. The minimum atomic E-state index is 0.189. The molecule has 1 N–H and O–H groups in total. The standard InChI is InChI=1S/C14H15ClN2/c15-10-14(7-8-14)16-9-12-6-5-11-3-1-2-4-13(11)17-12/h1-6,16H,7-10H2. The van der Waals surface area contributed by atoms with Crippen LogP contribution in [0.5, 0.6) is 0 Å². The number of alkyl halides is 1. The summed E-state index contributed by atoms with van der Waals surface area (Å²) in [7, 11) is 0. The number of fused-ring (bicyclic) bond motifs is 1. The largest absolute Gasteiger partial charge is 0.304 e. The fraction of sp³-hybridized carbons (Fsp3) is 0.357. The first-order valence-electron chi connectivity index (χ1n) is 5.97. The maximum atomic E-state index is 5.93. The number of pyridine rings is 1. The number of para-hydroxylation sites is 1. The molecule has 3 rings (SSSR count). The highest BCUT2D eigenvalue weighted by Gasteiger charge is 2.41. The Bertz CT molecular complexity index is 534. The fourth-order valence-electron chi connectivity index (χ4n) is 1.99. The number of aromatic nitrogens is 1. The third-order valence-electron chi connectivity index (χ3n) is 3.41.